The molecule has 4 aromatic rings. The Morgan fingerprint density at radius 2 is 0.805 bits per heavy atom. The lowest BCUT2D eigenvalue weighted by atomic mass is 9.54. The molecule has 0 radical (unpaired) electrons. The quantitative estimate of drug-likeness (QED) is 0.169. The molecule has 0 amide bonds. The second kappa shape index (κ2) is 11.6. The number of hydrogen-bond acceptors (Lipinski definition) is 6. The summed E-state index contributed by atoms with van der Waals surface area (Å²) in [5.74, 6) is -6.87. The maximum Gasteiger partial charge on any atom is 0.334 e. The first-order chi connectivity index (χ1) is 19.6. The van der Waals surface area contributed by atoms with Crippen molar-refractivity contribution in [1.82, 2.24) is 0 Å². The van der Waals surface area contributed by atoms with Crippen LogP contribution in [0.2, 0.25) is 0 Å². The van der Waals surface area contributed by atoms with Gasteiger partial charge in [-0.25, -0.2) is 0 Å². The van der Waals surface area contributed by atoms with E-state index in [1.807, 2.05) is 0 Å². The molecule has 41 heavy (non-hydrogen) atoms. The first-order valence-corrected chi connectivity index (χ1v) is 12.2. The molecule has 4 aromatic carbocycles. The van der Waals surface area contributed by atoms with Crippen molar-refractivity contribution in [2.24, 2.45) is 5.41 Å². The number of carboxylic acid groups (broad SMARTS) is 4. The summed E-state index contributed by atoms with van der Waals surface area (Å²) in [6, 6.07) is 27.9. The van der Waals surface area contributed by atoms with Gasteiger partial charge in [-0.15, -0.1) is 0 Å². The summed E-state index contributed by atoms with van der Waals surface area (Å²) in [6.07, 6.45) is -1.18. The van der Waals surface area contributed by atoms with E-state index in [9.17, 15) is 39.6 Å². The van der Waals surface area contributed by atoms with E-state index in [4.69, 9.17) is 9.47 Å². The van der Waals surface area contributed by atoms with E-state index >= 15 is 0 Å². The average molecular weight is 557 g/mol. The second-order valence-electron chi connectivity index (χ2n) is 9.02. The van der Waals surface area contributed by atoms with Gasteiger partial charge in [0.15, 0.2) is 0 Å². The van der Waals surface area contributed by atoms with Crippen molar-refractivity contribution in [3.63, 3.8) is 0 Å². The number of carboxylic acids is 4. The third-order valence-electron chi connectivity index (χ3n) is 6.67. The first kappa shape index (κ1) is 28.4. The third-order valence-corrected chi connectivity index (χ3v) is 6.67. The van der Waals surface area contributed by atoms with Gasteiger partial charge in [-0.2, -0.15) is 0 Å². The summed E-state index contributed by atoms with van der Waals surface area (Å²) in [7, 11) is 0. The van der Waals surface area contributed by atoms with E-state index < -0.39 is 41.1 Å². The van der Waals surface area contributed by atoms with Crippen LogP contribution in [0.3, 0.4) is 0 Å². The van der Waals surface area contributed by atoms with Gasteiger partial charge >= 0.3 is 23.9 Å². The van der Waals surface area contributed by atoms with Crippen LogP contribution >= 0.6 is 0 Å². The van der Waals surface area contributed by atoms with E-state index in [0.29, 0.717) is 11.5 Å². The Bertz CT molecular complexity index is 1430. The lowest BCUT2D eigenvalue weighted by Crippen LogP contribution is -2.62. The first-order valence-electron chi connectivity index (χ1n) is 12.2. The molecule has 4 N–H and O–H groups in total. The predicted octanol–water partition coefficient (Wildman–Crippen LogP) is 5.27. The van der Waals surface area contributed by atoms with Crippen LogP contribution in [-0.2, 0) is 24.6 Å². The van der Waals surface area contributed by atoms with Gasteiger partial charge in [0.05, 0.1) is 11.8 Å². The molecule has 0 fully saturated rings. The summed E-state index contributed by atoms with van der Waals surface area (Å²) in [4.78, 5) is 50.3. The van der Waals surface area contributed by atoms with E-state index in [0.717, 1.165) is 0 Å². The summed E-state index contributed by atoms with van der Waals surface area (Å²) in [5.41, 5.74) is -6.62. The summed E-state index contributed by atoms with van der Waals surface area (Å²) in [6.45, 7) is 0. The highest BCUT2D eigenvalue weighted by molar-refractivity contribution is 6.19. The molecule has 0 saturated carbocycles. The minimum absolute atomic E-state index is 0.177. The standard InChI is InChI=1S/C31H24O10/c32-26(33)19-30(31(27(34)35,28(36)37)29(38)39,20-11-15-24(16-12-20)40-22-7-3-1-4-8-22)21-13-17-25(18-14-21)41-23-9-5-2-6-10-23/h1-18H,19H2,(H,32,33)(H,34,35)(H,36,37)(H,38,39). The number of ether oxygens (including phenoxy) is 2. The highest BCUT2D eigenvalue weighted by Gasteiger charge is 2.70. The number of hydrogen-bond donors (Lipinski definition) is 4. The molecule has 0 spiro atoms. The van der Waals surface area contributed by atoms with Crippen molar-refractivity contribution in [2.75, 3.05) is 0 Å². The molecule has 0 aliphatic carbocycles. The molecular formula is C31H24O10. The van der Waals surface area contributed by atoms with Crippen LogP contribution < -0.4 is 9.47 Å². The Balaban J connectivity index is 1.93. The molecule has 4 rings (SSSR count). The zero-order chi connectivity index (χ0) is 29.6. The smallest absolute Gasteiger partial charge is 0.334 e. The normalized spacial score (nSPS) is 11.3. The molecule has 0 unspecified atom stereocenters. The minimum Gasteiger partial charge on any atom is -0.481 e. The Morgan fingerprint density at radius 3 is 1.10 bits per heavy atom. The van der Waals surface area contributed by atoms with Crippen LogP contribution in [0.4, 0.5) is 0 Å². The molecule has 0 aromatic heterocycles. The summed E-state index contributed by atoms with van der Waals surface area (Å²) in [5, 5.41) is 40.6. The monoisotopic (exact) mass is 556 g/mol. The topological polar surface area (TPSA) is 168 Å². The maximum absolute atomic E-state index is 12.7. The number of aliphatic carboxylic acids is 4. The number of benzene rings is 4. The van der Waals surface area contributed by atoms with Crippen molar-refractivity contribution in [3.05, 3.63) is 120 Å². The van der Waals surface area contributed by atoms with Gasteiger partial charge in [-0.1, -0.05) is 60.7 Å². The molecule has 0 bridgehead atoms. The summed E-state index contributed by atoms with van der Waals surface area (Å²) >= 11 is 0. The van der Waals surface area contributed by atoms with Crippen LogP contribution in [0.5, 0.6) is 23.0 Å². The highest BCUT2D eigenvalue weighted by atomic mass is 16.5. The molecule has 0 heterocycles. The maximum atomic E-state index is 12.7. The van der Waals surface area contributed by atoms with Gasteiger partial charge in [0.1, 0.15) is 23.0 Å². The molecule has 0 atom stereocenters. The van der Waals surface area contributed by atoms with E-state index in [1.54, 1.807) is 60.7 Å². The van der Waals surface area contributed by atoms with Gasteiger partial charge in [-0.05, 0) is 59.7 Å². The fourth-order valence-electron chi connectivity index (χ4n) is 4.85. The van der Waals surface area contributed by atoms with E-state index in [1.165, 1.54) is 48.5 Å². The predicted molar refractivity (Wildman–Crippen MR) is 144 cm³/mol. The van der Waals surface area contributed by atoms with Gasteiger partial charge in [0, 0.05) is 0 Å². The fourth-order valence-corrected chi connectivity index (χ4v) is 4.85. The van der Waals surface area contributed by atoms with Crippen LogP contribution in [0.15, 0.2) is 109 Å². The molecule has 10 heteroatoms. The van der Waals surface area contributed by atoms with Crippen LogP contribution in [0.25, 0.3) is 0 Å². The summed E-state index contributed by atoms with van der Waals surface area (Å²) < 4.78 is 11.5. The van der Waals surface area contributed by atoms with Crippen LogP contribution in [0.1, 0.15) is 17.5 Å². The van der Waals surface area contributed by atoms with Gasteiger partial charge < -0.3 is 29.9 Å². The molecular weight excluding hydrogens is 532 g/mol. The van der Waals surface area contributed by atoms with Crippen molar-refractivity contribution in [1.29, 1.82) is 0 Å². The minimum atomic E-state index is -3.64. The van der Waals surface area contributed by atoms with E-state index in [-0.39, 0.29) is 22.6 Å². The number of rotatable bonds is 12. The van der Waals surface area contributed by atoms with Gasteiger partial charge in [0.2, 0.25) is 0 Å². The van der Waals surface area contributed by atoms with Crippen molar-refractivity contribution in [2.45, 2.75) is 11.8 Å². The molecule has 10 nitrogen and oxygen atoms in total. The molecule has 0 aliphatic rings. The lowest BCUT2D eigenvalue weighted by molar-refractivity contribution is -0.181. The van der Waals surface area contributed by atoms with Crippen molar-refractivity contribution in [3.8, 4) is 23.0 Å². The second-order valence-corrected chi connectivity index (χ2v) is 9.02. The third kappa shape index (κ3) is 5.30. The average Bonchev–Trinajstić information content (AvgIpc) is 2.94. The number of carbonyl (C=O) groups is 4. The molecule has 0 aliphatic heterocycles. The largest absolute Gasteiger partial charge is 0.481 e. The highest BCUT2D eigenvalue weighted by Crippen LogP contribution is 2.52. The Labute approximate surface area is 233 Å². The van der Waals surface area contributed by atoms with Crippen molar-refractivity contribution >= 4 is 23.9 Å². The fraction of sp³-hybridized carbons (Fsp3) is 0.0968. The molecule has 208 valence electrons. The van der Waals surface area contributed by atoms with Gasteiger partial charge in [-0.3, -0.25) is 19.2 Å². The lowest BCUT2D eigenvalue weighted by Gasteiger charge is -2.42. The Hall–Kier alpha value is -5.64. The zero-order valence-electron chi connectivity index (χ0n) is 21.3. The van der Waals surface area contributed by atoms with Crippen molar-refractivity contribution < 1.29 is 49.1 Å². The number of para-hydroxylation sites is 2. The van der Waals surface area contributed by atoms with Crippen LogP contribution in [0, 0.1) is 5.41 Å². The van der Waals surface area contributed by atoms with Gasteiger partial charge in [0.25, 0.3) is 5.41 Å². The van der Waals surface area contributed by atoms with E-state index in [2.05, 4.69) is 0 Å². The SMILES string of the molecule is O=C(O)CC(c1ccc(Oc2ccccc2)cc1)(c1ccc(Oc2ccccc2)cc1)C(C(=O)O)(C(=O)O)C(=O)O. The Kier molecular flexibility index (Phi) is 8.04. The Morgan fingerprint density at radius 1 is 0.488 bits per heavy atom. The zero-order valence-corrected chi connectivity index (χ0v) is 21.3. The molecule has 0 saturated heterocycles. The van der Waals surface area contributed by atoms with Crippen LogP contribution in [-0.4, -0.2) is 44.3 Å².